The largest absolute Gasteiger partial charge is 0.497 e. The van der Waals surface area contributed by atoms with Crippen molar-refractivity contribution in [2.24, 2.45) is 5.92 Å². The van der Waals surface area contributed by atoms with E-state index in [2.05, 4.69) is 24.1 Å². The van der Waals surface area contributed by atoms with Crippen LogP contribution in [-0.2, 0) is 4.79 Å². The molecule has 5 heteroatoms. The van der Waals surface area contributed by atoms with Crippen LogP contribution < -0.4 is 10.1 Å². The van der Waals surface area contributed by atoms with Crippen molar-refractivity contribution < 1.29 is 14.6 Å². The van der Waals surface area contributed by atoms with Gasteiger partial charge in [-0.1, -0.05) is 12.1 Å². The number of aliphatic hydroxyl groups excluding tert-OH is 1. The smallest absolute Gasteiger partial charge is 0.220 e. The fraction of sp³-hybridized carbons (Fsp3) is 0.632. The third-order valence-electron chi connectivity index (χ3n) is 4.85. The van der Waals surface area contributed by atoms with Crippen LogP contribution in [0.4, 0.5) is 0 Å². The minimum atomic E-state index is -0.692. The van der Waals surface area contributed by atoms with E-state index in [1.807, 2.05) is 24.3 Å². The lowest BCUT2D eigenvalue weighted by atomic mass is 9.92. The Bertz CT molecular complexity index is 508. The SMILES string of the molecule is COc1ccc(C(O)CNC(=O)CC2CCN(C(C)C)CC2)cc1. The number of likely N-dealkylation sites (tertiary alicyclic amines) is 1. The van der Waals surface area contributed by atoms with Crippen LogP contribution in [0.15, 0.2) is 24.3 Å². The highest BCUT2D eigenvalue weighted by molar-refractivity contribution is 5.76. The van der Waals surface area contributed by atoms with Crippen molar-refractivity contribution in [2.45, 2.75) is 45.3 Å². The van der Waals surface area contributed by atoms with Gasteiger partial charge in [0.05, 0.1) is 13.2 Å². The average molecular weight is 334 g/mol. The fourth-order valence-corrected chi connectivity index (χ4v) is 3.16. The van der Waals surface area contributed by atoms with Crippen LogP contribution in [0.2, 0.25) is 0 Å². The molecule has 0 aromatic heterocycles. The zero-order chi connectivity index (χ0) is 17.5. The Hall–Kier alpha value is -1.59. The normalized spacial score (nSPS) is 17.7. The minimum Gasteiger partial charge on any atom is -0.497 e. The van der Waals surface area contributed by atoms with Gasteiger partial charge in [-0.15, -0.1) is 0 Å². The first-order chi connectivity index (χ1) is 11.5. The van der Waals surface area contributed by atoms with E-state index in [0.29, 0.717) is 18.4 Å². The van der Waals surface area contributed by atoms with Gasteiger partial charge in [0.25, 0.3) is 0 Å². The average Bonchev–Trinajstić information content (AvgIpc) is 2.60. The minimum absolute atomic E-state index is 0.0329. The van der Waals surface area contributed by atoms with E-state index >= 15 is 0 Å². The molecular weight excluding hydrogens is 304 g/mol. The molecule has 1 aliphatic rings. The lowest BCUT2D eigenvalue weighted by Gasteiger charge is -2.34. The predicted molar refractivity (Wildman–Crippen MR) is 95.0 cm³/mol. The molecule has 1 saturated heterocycles. The molecule has 1 atom stereocenters. The maximum absolute atomic E-state index is 12.1. The Kier molecular flexibility index (Phi) is 7.06. The summed E-state index contributed by atoms with van der Waals surface area (Å²) in [6.45, 7) is 6.82. The number of ether oxygens (including phenoxy) is 1. The summed E-state index contributed by atoms with van der Waals surface area (Å²) >= 11 is 0. The second-order valence-electron chi connectivity index (χ2n) is 6.87. The van der Waals surface area contributed by atoms with Crippen LogP contribution in [0.1, 0.15) is 44.8 Å². The topological polar surface area (TPSA) is 61.8 Å². The number of amides is 1. The quantitative estimate of drug-likeness (QED) is 0.803. The van der Waals surface area contributed by atoms with E-state index in [1.54, 1.807) is 7.11 Å². The highest BCUT2D eigenvalue weighted by atomic mass is 16.5. The number of hydrogen-bond acceptors (Lipinski definition) is 4. The summed E-state index contributed by atoms with van der Waals surface area (Å²) in [5.74, 6) is 1.24. The molecule has 1 heterocycles. The highest BCUT2D eigenvalue weighted by Gasteiger charge is 2.22. The van der Waals surface area contributed by atoms with Crippen LogP contribution in [0, 0.1) is 5.92 Å². The number of carbonyl (C=O) groups is 1. The molecule has 0 radical (unpaired) electrons. The summed E-state index contributed by atoms with van der Waals surface area (Å²) < 4.78 is 5.10. The summed E-state index contributed by atoms with van der Waals surface area (Å²) in [6, 6.07) is 7.83. The lowest BCUT2D eigenvalue weighted by molar-refractivity contribution is -0.122. The molecule has 2 N–H and O–H groups in total. The third kappa shape index (κ3) is 5.49. The number of aliphatic hydroxyl groups is 1. The van der Waals surface area contributed by atoms with Crippen LogP contribution >= 0.6 is 0 Å². The zero-order valence-electron chi connectivity index (χ0n) is 15.0. The van der Waals surface area contributed by atoms with Crippen molar-refractivity contribution in [2.75, 3.05) is 26.7 Å². The van der Waals surface area contributed by atoms with E-state index in [-0.39, 0.29) is 12.5 Å². The van der Waals surface area contributed by atoms with Gasteiger partial charge in [0, 0.05) is 19.0 Å². The number of benzene rings is 1. The Labute approximate surface area is 145 Å². The van der Waals surface area contributed by atoms with Gasteiger partial charge in [-0.3, -0.25) is 4.79 Å². The predicted octanol–water partition coefficient (Wildman–Crippen LogP) is 2.36. The summed E-state index contributed by atoms with van der Waals surface area (Å²) in [5, 5.41) is 13.0. The Morgan fingerprint density at radius 1 is 1.29 bits per heavy atom. The molecule has 1 fully saturated rings. The van der Waals surface area contributed by atoms with Crippen molar-refractivity contribution in [3.05, 3.63) is 29.8 Å². The van der Waals surface area contributed by atoms with E-state index in [1.165, 1.54) is 0 Å². The van der Waals surface area contributed by atoms with Crippen molar-refractivity contribution in [1.82, 2.24) is 10.2 Å². The molecule has 1 aromatic carbocycles. The first kappa shape index (κ1) is 18.7. The van der Waals surface area contributed by atoms with Gasteiger partial charge >= 0.3 is 0 Å². The lowest BCUT2D eigenvalue weighted by Crippen LogP contribution is -2.40. The van der Waals surface area contributed by atoms with Crippen molar-refractivity contribution in [3.63, 3.8) is 0 Å². The summed E-state index contributed by atoms with van der Waals surface area (Å²) in [4.78, 5) is 14.6. The molecule has 1 aromatic rings. The van der Waals surface area contributed by atoms with Gasteiger partial charge in [-0.25, -0.2) is 0 Å². The van der Waals surface area contributed by atoms with Crippen LogP contribution in [0.3, 0.4) is 0 Å². The van der Waals surface area contributed by atoms with E-state index in [0.717, 1.165) is 37.2 Å². The van der Waals surface area contributed by atoms with Gasteiger partial charge in [-0.05, 0) is 63.4 Å². The van der Waals surface area contributed by atoms with Gasteiger partial charge in [0.2, 0.25) is 5.91 Å². The van der Waals surface area contributed by atoms with Gasteiger partial charge in [-0.2, -0.15) is 0 Å². The molecule has 5 nitrogen and oxygen atoms in total. The van der Waals surface area contributed by atoms with Crippen LogP contribution in [0.5, 0.6) is 5.75 Å². The van der Waals surface area contributed by atoms with Gasteiger partial charge in [0.15, 0.2) is 0 Å². The number of hydrogen-bond donors (Lipinski definition) is 2. The maximum atomic E-state index is 12.1. The van der Waals surface area contributed by atoms with Crippen molar-refractivity contribution in [3.8, 4) is 5.75 Å². The highest BCUT2D eigenvalue weighted by Crippen LogP contribution is 2.22. The number of piperidine rings is 1. The van der Waals surface area contributed by atoms with Crippen LogP contribution in [0.25, 0.3) is 0 Å². The first-order valence-corrected chi connectivity index (χ1v) is 8.82. The number of nitrogens with one attached hydrogen (secondary N) is 1. The maximum Gasteiger partial charge on any atom is 0.220 e. The summed E-state index contributed by atoms with van der Waals surface area (Å²) in [5.41, 5.74) is 0.779. The summed E-state index contributed by atoms with van der Waals surface area (Å²) in [7, 11) is 1.61. The molecule has 0 spiro atoms. The van der Waals surface area contributed by atoms with Gasteiger partial charge < -0.3 is 20.1 Å². The molecule has 1 amide bonds. The molecule has 24 heavy (non-hydrogen) atoms. The second kappa shape index (κ2) is 9.04. The van der Waals surface area contributed by atoms with E-state index in [9.17, 15) is 9.90 Å². The zero-order valence-corrected chi connectivity index (χ0v) is 15.0. The Balaban J connectivity index is 1.71. The Morgan fingerprint density at radius 2 is 1.92 bits per heavy atom. The molecule has 134 valence electrons. The van der Waals surface area contributed by atoms with Gasteiger partial charge in [0.1, 0.15) is 5.75 Å². The molecule has 0 bridgehead atoms. The molecule has 0 aliphatic carbocycles. The number of carbonyl (C=O) groups excluding carboxylic acids is 1. The summed E-state index contributed by atoms with van der Waals surface area (Å²) in [6.07, 6.45) is 2.02. The fourth-order valence-electron chi connectivity index (χ4n) is 3.16. The molecule has 1 unspecified atom stereocenters. The second-order valence-corrected chi connectivity index (χ2v) is 6.87. The van der Waals surface area contributed by atoms with Crippen molar-refractivity contribution in [1.29, 1.82) is 0 Å². The molecular formula is C19H30N2O3. The monoisotopic (exact) mass is 334 g/mol. The molecule has 1 aliphatic heterocycles. The van der Waals surface area contributed by atoms with Crippen LogP contribution in [-0.4, -0.2) is 48.7 Å². The molecule has 2 rings (SSSR count). The number of nitrogens with zero attached hydrogens (tertiary/aromatic N) is 1. The van der Waals surface area contributed by atoms with E-state index < -0.39 is 6.10 Å². The van der Waals surface area contributed by atoms with E-state index in [4.69, 9.17) is 4.74 Å². The number of rotatable bonds is 7. The van der Waals surface area contributed by atoms with Crippen molar-refractivity contribution >= 4 is 5.91 Å². The molecule has 0 saturated carbocycles. The Morgan fingerprint density at radius 3 is 2.46 bits per heavy atom. The third-order valence-corrected chi connectivity index (χ3v) is 4.85. The first-order valence-electron chi connectivity index (χ1n) is 8.82. The standard InChI is InChI=1S/C19H30N2O3/c1-14(2)21-10-8-15(9-11-21)12-19(23)20-13-18(22)16-4-6-17(24-3)7-5-16/h4-7,14-15,18,22H,8-13H2,1-3H3,(H,20,23). The number of methoxy groups -OCH3 is 1.